The highest BCUT2D eigenvalue weighted by atomic mass is 16.2. The van der Waals surface area contributed by atoms with Crippen molar-refractivity contribution in [1.29, 1.82) is 0 Å². The summed E-state index contributed by atoms with van der Waals surface area (Å²) < 4.78 is 2.01. The zero-order valence-corrected chi connectivity index (χ0v) is 15.5. The smallest absolute Gasteiger partial charge is 0.261 e. The number of aromatic nitrogens is 2. The van der Waals surface area contributed by atoms with Gasteiger partial charge in [0.25, 0.3) is 11.8 Å². The predicted octanol–water partition coefficient (Wildman–Crippen LogP) is 1.99. The third-order valence-corrected chi connectivity index (χ3v) is 4.89. The topological polar surface area (TPSA) is 83.8 Å². The lowest BCUT2D eigenvalue weighted by molar-refractivity contribution is -0.121. The highest BCUT2D eigenvalue weighted by molar-refractivity contribution is 6.21. The van der Waals surface area contributed by atoms with Crippen molar-refractivity contribution >= 4 is 23.4 Å². The molecule has 4 rings (SSSR count). The molecule has 0 fully saturated rings. The molecule has 3 heterocycles. The Bertz CT molecular complexity index is 1050. The van der Waals surface area contributed by atoms with Crippen LogP contribution in [0.15, 0.2) is 48.7 Å². The number of rotatable bonds is 6. The molecule has 142 valence electrons. The molecular weight excluding hydrogens is 356 g/mol. The number of imidazole rings is 1. The second kappa shape index (κ2) is 7.26. The van der Waals surface area contributed by atoms with Crippen molar-refractivity contribution < 1.29 is 14.4 Å². The minimum Gasteiger partial charge on any atom is -0.356 e. The summed E-state index contributed by atoms with van der Waals surface area (Å²) in [6.45, 7) is 2.54. The third kappa shape index (κ3) is 3.26. The Morgan fingerprint density at radius 1 is 1.04 bits per heavy atom. The molecule has 0 saturated heterocycles. The van der Waals surface area contributed by atoms with Crippen LogP contribution in [0.4, 0.5) is 0 Å². The molecule has 1 aromatic carbocycles. The molecule has 7 nitrogen and oxygen atoms in total. The quantitative estimate of drug-likeness (QED) is 0.667. The van der Waals surface area contributed by atoms with Crippen LogP contribution >= 0.6 is 0 Å². The first kappa shape index (κ1) is 17.9. The first-order valence-corrected chi connectivity index (χ1v) is 9.20. The van der Waals surface area contributed by atoms with E-state index in [4.69, 9.17) is 0 Å². The molecule has 7 heteroatoms. The van der Waals surface area contributed by atoms with Crippen LogP contribution in [0.1, 0.15) is 38.5 Å². The highest BCUT2D eigenvalue weighted by Crippen LogP contribution is 2.22. The lowest BCUT2D eigenvalue weighted by Crippen LogP contribution is -2.35. The summed E-state index contributed by atoms with van der Waals surface area (Å²) in [6.07, 6.45) is 2.66. The molecule has 1 N–H and O–H groups in total. The molecule has 1 aliphatic heterocycles. The van der Waals surface area contributed by atoms with Crippen molar-refractivity contribution in [1.82, 2.24) is 19.6 Å². The average molecular weight is 376 g/mol. The summed E-state index contributed by atoms with van der Waals surface area (Å²) in [5, 5.41) is 2.83. The summed E-state index contributed by atoms with van der Waals surface area (Å²) in [4.78, 5) is 42.4. The molecule has 0 aliphatic carbocycles. The van der Waals surface area contributed by atoms with Gasteiger partial charge in [0.1, 0.15) is 5.65 Å². The fourth-order valence-corrected chi connectivity index (χ4v) is 3.39. The number of aryl methyl sites for hydroxylation is 1. The average Bonchev–Trinajstić information content (AvgIpc) is 3.21. The minimum absolute atomic E-state index is 0.0751. The van der Waals surface area contributed by atoms with Gasteiger partial charge in [0.2, 0.25) is 5.91 Å². The molecule has 3 amide bonds. The number of imide groups is 1. The van der Waals surface area contributed by atoms with Crippen LogP contribution in [-0.4, -0.2) is 45.1 Å². The molecule has 1 aliphatic rings. The summed E-state index contributed by atoms with van der Waals surface area (Å²) in [7, 11) is 0. The number of benzene rings is 1. The number of hydrogen-bond acceptors (Lipinski definition) is 4. The Kier molecular flexibility index (Phi) is 4.65. The van der Waals surface area contributed by atoms with Gasteiger partial charge in [-0.05, 0) is 31.2 Å². The molecule has 3 aromatic rings. The van der Waals surface area contributed by atoms with Gasteiger partial charge in [0, 0.05) is 37.8 Å². The van der Waals surface area contributed by atoms with E-state index in [-0.39, 0.29) is 30.7 Å². The van der Waals surface area contributed by atoms with Crippen molar-refractivity contribution in [3.05, 3.63) is 71.2 Å². The van der Waals surface area contributed by atoms with Crippen molar-refractivity contribution in [2.45, 2.75) is 19.8 Å². The van der Waals surface area contributed by atoms with Crippen LogP contribution in [0.25, 0.3) is 5.65 Å². The molecule has 28 heavy (non-hydrogen) atoms. The molecule has 0 atom stereocenters. The molecule has 0 spiro atoms. The van der Waals surface area contributed by atoms with E-state index < -0.39 is 0 Å². The molecule has 0 unspecified atom stereocenters. The van der Waals surface area contributed by atoms with Gasteiger partial charge < -0.3 is 9.72 Å². The van der Waals surface area contributed by atoms with Crippen molar-refractivity contribution in [3.63, 3.8) is 0 Å². The number of amides is 3. The molecule has 2 aromatic heterocycles. The van der Waals surface area contributed by atoms with E-state index in [1.54, 1.807) is 24.3 Å². The van der Waals surface area contributed by atoms with Crippen molar-refractivity contribution in [3.8, 4) is 0 Å². The van der Waals surface area contributed by atoms with Crippen LogP contribution in [0.2, 0.25) is 0 Å². The van der Waals surface area contributed by atoms with Crippen LogP contribution in [-0.2, 0) is 11.2 Å². The fourth-order valence-electron chi connectivity index (χ4n) is 3.39. The van der Waals surface area contributed by atoms with Crippen molar-refractivity contribution in [2.24, 2.45) is 0 Å². The maximum Gasteiger partial charge on any atom is 0.261 e. The van der Waals surface area contributed by atoms with Gasteiger partial charge >= 0.3 is 0 Å². The van der Waals surface area contributed by atoms with Crippen molar-refractivity contribution in [2.75, 3.05) is 13.1 Å². The summed E-state index contributed by atoms with van der Waals surface area (Å²) in [5.41, 5.74) is 3.67. The van der Waals surface area contributed by atoms with E-state index in [1.165, 1.54) is 0 Å². The van der Waals surface area contributed by atoms with Gasteiger partial charge in [-0.1, -0.05) is 18.2 Å². The van der Waals surface area contributed by atoms with E-state index >= 15 is 0 Å². The Morgan fingerprint density at radius 3 is 2.43 bits per heavy atom. The Morgan fingerprint density at radius 2 is 1.75 bits per heavy atom. The largest absolute Gasteiger partial charge is 0.356 e. The summed E-state index contributed by atoms with van der Waals surface area (Å²) in [6, 6.07) is 12.6. The maximum atomic E-state index is 12.3. The fraction of sp³-hybridized carbons (Fsp3) is 0.238. The lowest BCUT2D eigenvalue weighted by atomic mass is 10.1. The highest BCUT2D eigenvalue weighted by Gasteiger charge is 2.34. The SMILES string of the molecule is Cc1cccc2nc(CCNC(=O)CCN3C(=O)c4ccccc4C3=O)cn12. The van der Waals surface area contributed by atoms with Gasteiger partial charge in [-0.2, -0.15) is 0 Å². The Balaban J connectivity index is 1.28. The van der Waals surface area contributed by atoms with E-state index in [0.29, 0.717) is 24.1 Å². The molecule has 0 radical (unpaired) electrons. The monoisotopic (exact) mass is 376 g/mol. The number of carbonyl (C=O) groups excluding carboxylic acids is 3. The van der Waals surface area contributed by atoms with Gasteiger partial charge in [-0.25, -0.2) is 4.98 Å². The number of carbonyl (C=O) groups is 3. The Hall–Kier alpha value is -3.48. The van der Waals surface area contributed by atoms with Gasteiger partial charge in [-0.3, -0.25) is 19.3 Å². The van der Waals surface area contributed by atoms with Crippen LogP contribution < -0.4 is 5.32 Å². The van der Waals surface area contributed by atoms with Crippen LogP contribution in [0.3, 0.4) is 0 Å². The van der Waals surface area contributed by atoms with E-state index in [0.717, 1.165) is 21.9 Å². The summed E-state index contributed by atoms with van der Waals surface area (Å²) >= 11 is 0. The molecule has 0 bridgehead atoms. The van der Waals surface area contributed by atoms with Gasteiger partial charge in [-0.15, -0.1) is 0 Å². The number of hydrogen-bond donors (Lipinski definition) is 1. The normalized spacial score (nSPS) is 13.2. The maximum absolute atomic E-state index is 12.3. The van der Waals surface area contributed by atoms with E-state index in [2.05, 4.69) is 10.3 Å². The zero-order chi connectivity index (χ0) is 19.7. The van der Waals surface area contributed by atoms with Gasteiger partial charge in [0.15, 0.2) is 0 Å². The number of nitrogens with one attached hydrogen (secondary N) is 1. The van der Waals surface area contributed by atoms with Gasteiger partial charge in [0.05, 0.1) is 16.8 Å². The first-order chi connectivity index (χ1) is 13.5. The first-order valence-electron chi connectivity index (χ1n) is 9.20. The zero-order valence-electron chi connectivity index (χ0n) is 15.5. The standard InChI is InChI=1S/C21H20N4O3/c1-14-5-4-8-18-23-15(13-25(14)18)9-11-22-19(26)10-12-24-20(27)16-6-2-3-7-17(16)21(24)28/h2-8,13H,9-12H2,1H3,(H,22,26). The van der Waals surface area contributed by atoms with Crippen LogP contribution in [0, 0.1) is 6.92 Å². The summed E-state index contributed by atoms with van der Waals surface area (Å²) in [5.74, 6) is -0.876. The Labute approximate surface area is 162 Å². The predicted molar refractivity (Wildman–Crippen MR) is 103 cm³/mol. The second-order valence-electron chi connectivity index (χ2n) is 6.79. The number of pyridine rings is 1. The lowest BCUT2D eigenvalue weighted by Gasteiger charge is -2.13. The molecular formula is C21H20N4O3. The van der Waals surface area contributed by atoms with E-state index in [9.17, 15) is 14.4 Å². The number of nitrogens with zero attached hydrogens (tertiary/aromatic N) is 3. The van der Waals surface area contributed by atoms with Crippen LogP contribution in [0.5, 0.6) is 0 Å². The number of fused-ring (bicyclic) bond motifs is 2. The molecule has 0 saturated carbocycles. The third-order valence-electron chi connectivity index (χ3n) is 4.89. The van der Waals surface area contributed by atoms with E-state index in [1.807, 2.05) is 35.7 Å². The second-order valence-corrected chi connectivity index (χ2v) is 6.79. The minimum atomic E-state index is -0.339.